The molecule has 2 atom stereocenters. The maximum atomic E-state index is 14.1. The van der Waals surface area contributed by atoms with E-state index < -0.39 is 17.7 Å². The summed E-state index contributed by atoms with van der Waals surface area (Å²) in [5, 5.41) is 12.8. The number of imide groups is 1. The Morgan fingerprint density at radius 2 is 1.54 bits per heavy atom. The van der Waals surface area contributed by atoms with Gasteiger partial charge in [-0.05, 0) is 55.4 Å². The van der Waals surface area contributed by atoms with Crippen molar-refractivity contribution in [3.05, 3.63) is 63.2 Å². The van der Waals surface area contributed by atoms with E-state index in [1.807, 2.05) is 6.07 Å². The summed E-state index contributed by atoms with van der Waals surface area (Å²) in [5.41, 5.74) is 1.18. The van der Waals surface area contributed by atoms with E-state index in [1.54, 1.807) is 54.7 Å². The van der Waals surface area contributed by atoms with E-state index >= 15 is 0 Å². The zero-order valence-corrected chi connectivity index (χ0v) is 31.4. The van der Waals surface area contributed by atoms with Crippen molar-refractivity contribution in [2.24, 2.45) is 11.8 Å². The van der Waals surface area contributed by atoms with Gasteiger partial charge in [-0.25, -0.2) is 9.99 Å². The van der Waals surface area contributed by atoms with Crippen molar-refractivity contribution < 1.29 is 14.4 Å². The van der Waals surface area contributed by atoms with Gasteiger partial charge in [0.1, 0.15) is 11.6 Å². The first-order valence-corrected chi connectivity index (χ1v) is 18.4. The van der Waals surface area contributed by atoms with E-state index in [0.717, 1.165) is 51.7 Å². The van der Waals surface area contributed by atoms with E-state index in [9.17, 15) is 19.6 Å². The third kappa shape index (κ3) is 9.22. The number of carbonyl (C=O) groups excluding carboxylic acids is 3. The lowest BCUT2D eigenvalue weighted by atomic mass is 9.89. The highest BCUT2D eigenvalue weighted by atomic mass is 32.1. The first-order chi connectivity index (χ1) is 22.8. The highest BCUT2D eigenvalue weighted by Crippen LogP contribution is 2.39. The number of nitriles is 1. The number of nitrogens with zero attached hydrogens (tertiary/aromatic N) is 5. The number of thiazole rings is 1. The monoisotopic (exact) mass is 673 g/mol. The Kier molecular flexibility index (Phi) is 14.2. The van der Waals surface area contributed by atoms with Gasteiger partial charge in [-0.2, -0.15) is 10.3 Å². The van der Waals surface area contributed by atoms with Crippen molar-refractivity contribution in [1.29, 1.82) is 5.26 Å². The van der Waals surface area contributed by atoms with Crippen LogP contribution in [0.4, 0.5) is 5.13 Å². The van der Waals surface area contributed by atoms with Crippen LogP contribution in [0.25, 0.3) is 6.08 Å². The summed E-state index contributed by atoms with van der Waals surface area (Å²) in [6.07, 6.45) is 11.1. The minimum absolute atomic E-state index is 0.166. The fourth-order valence-corrected chi connectivity index (χ4v) is 7.35. The first kappa shape index (κ1) is 38.7. The van der Waals surface area contributed by atoms with Crippen LogP contribution in [-0.4, -0.2) is 52.9 Å². The second-order valence-electron chi connectivity index (χ2n) is 14.0. The fraction of sp³-hybridized carbons (Fsp3) is 0.564. The van der Waals surface area contributed by atoms with Gasteiger partial charge >= 0.3 is 0 Å². The first-order valence-electron chi connectivity index (χ1n) is 17.6. The summed E-state index contributed by atoms with van der Waals surface area (Å²) in [6, 6.07) is 10.5. The Morgan fingerprint density at radius 3 is 2.02 bits per heavy atom. The quantitative estimate of drug-likeness (QED) is 0.130. The Morgan fingerprint density at radius 1 is 0.979 bits per heavy atom. The van der Waals surface area contributed by atoms with Gasteiger partial charge < -0.3 is 4.90 Å². The summed E-state index contributed by atoms with van der Waals surface area (Å²) < 4.78 is 0. The summed E-state index contributed by atoms with van der Waals surface area (Å²) in [5.74, 6) is -0.879. The molecule has 0 saturated carbocycles. The molecule has 9 heteroatoms. The molecule has 1 aliphatic heterocycles. The molecule has 0 aliphatic carbocycles. The van der Waals surface area contributed by atoms with Crippen LogP contribution >= 0.6 is 11.3 Å². The molecule has 2 unspecified atom stereocenters. The lowest BCUT2D eigenvalue weighted by molar-refractivity contribution is -0.153. The third-order valence-corrected chi connectivity index (χ3v) is 10.3. The van der Waals surface area contributed by atoms with Gasteiger partial charge in [0.05, 0.1) is 10.6 Å². The lowest BCUT2D eigenvalue weighted by Crippen LogP contribution is -2.53. The van der Waals surface area contributed by atoms with Gasteiger partial charge in [0.2, 0.25) is 0 Å². The van der Waals surface area contributed by atoms with Crippen LogP contribution in [0.15, 0.2) is 47.1 Å². The second kappa shape index (κ2) is 17.6. The number of hydrogen-bond acceptors (Lipinski definition) is 7. The van der Waals surface area contributed by atoms with E-state index in [0.29, 0.717) is 23.0 Å². The molecule has 48 heavy (non-hydrogen) atoms. The predicted octanol–water partition coefficient (Wildman–Crippen LogP) is 8.96. The lowest BCUT2D eigenvalue weighted by Gasteiger charge is -2.33. The molecule has 8 nitrogen and oxygen atoms in total. The van der Waals surface area contributed by atoms with E-state index in [-0.39, 0.29) is 16.6 Å². The average molecular weight is 674 g/mol. The molecular weight excluding hydrogens is 619 g/mol. The van der Waals surface area contributed by atoms with Gasteiger partial charge in [-0.3, -0.25) is 14.4 Å². The molecule has 1 aromatic carbocycles. The molecule has 3 rings (SSSR count). The van der Waals surface area contributed by atoms with Crippen molar-refractivity contribution in [3.8, 4) is 6.07 Å². The maximum Gasteiger partial charge on any atom is 0.290 e. The molecule has 0 saturated heterocycles. The van der Waals surface area contributed by atoms with E-state index in [4.69, 9.17) is 4.98 Å². The van der Waals surface area contributed by atoms with Crippen molar-refractivity contribution in [2.45, 2.75) is 112 Å². The minimum atomic E-state index is -0.813. The highest BCUT2D eigenvalue weighted by Gasteiger charge is 2.40. The number of aromatic nitrogens is 1. The largest absolute Gasteiger partial charge is 0.348 e. The Bertz CT molecular complexity index is 1510. The average Bonchev–Trinajstić information content (AvgIpc) is 3.51. The van der Waals surface area contributed by atoms with Gasteiger partial charge in [-0.1, -0.05) is 117 Å². The van der Waals surface area contributed by atoms with Crippen LogP contribution < -0.4 is 4.90 Å². The molecule has 0 fully saturated rings. The molecule has 2 heterocycles. The highest BCUT2D eigenvalue weighted by molar-refractivity contribution is 7.16. The molecule has 0 bridgehead atoms. The SMILES string of the molecule is CCCCC(CC)CN(CC(CC)CCCC)c1nc(C(C)(C)C)c(/C=C2\C(=O)N(N(C)C(=O)c3ccccc3)C(=O)C(C#N)=C2C)s1. The number of hydrazine groups is 1. The van der Waals surface area contributed by atoms with Gasteiger partial charge in [0, 0.05) is 36.7 Å². The van der Waals surface area contributed by atoms with Crippen LogP contribution in [0.5, 0.6) is 0 Å². The summed E-state index contributed by atoms with van der Waals surface area (Å²) in [7, 11) is 1.38. The zero-order chi connectivity index (χ0) is 35.6. The Balaban J connectivity index is 2.15. The molecule has 0 radical (unpaired) electrons. The molecule has 0 N–H and O–H groups in total. The van der Waals surface area contributed by atoms with Crippen LogP contribution in [-0.2, 0) is 15.0 Å². The molecule has 1 aliphatic rings. The van der Waals surface area contributed by atoms with Crippen molar-refractivity contribution >= 4 is 40.3 Å². The predicted molar refractivity (Wildman–Crippen MR) is 196 cm³/mol. The number of unbranched alkanes of at least 4 members (excludes halogenated alkanes) is 2. The van der Waals surface area contributed by atoms with E-state index in [1.165, 1.54) is 45.6 Å². The number of anilines is 1. The van der Waals surface area contributed by atoms with E-state index in [2.05, 4.69) is 53.4 Å². The number of rotatable bonds is 16. The fourth-order valence-electron chi connectivity index (χ4n) is 6.11. The van der Waals surface area contributed by atoms with Crippen molar-refractivity contribution in [1.82, 2.24) is 15.0 Å². The Hall–Kier alpha value is -3.77. The second-order valence-corrected chi connectivity index (χ2v) is 15.0. The van der Waals surface area contributed by atoms with Gasteiger partial charge in [-0.15, -0.1) is 0 Å². The van der Waals surface area contributed by atoms with Crippen LogP contribution in [0, 0.1) is 23.2 Å². The summed E-state index contributed by atoms with van der Waals surface area (Å²) >= 11 is 1.56. The number of benzene rings is 1. The third-order valence-electron chi connectivity index (χ3n) is 9.28. The van der Waals surface area contributed by atoms with Gasteiger partial charge in [0.15, 0.2) is 5.13 Å². The molecule has 0 spiro atoms. The minimum Gasteiger partial charge on any atom is -0.348 e. The molecule has 1 aromatic heterocycles. The standard InChI is InChI=1S/C39H55N5O3S/c1-10-14-19-28(12-3)25-43(26-29(13-4)20-15-11-2)38-41-34(39(6,7)8)33(48-38)23-31-27(5)32(24-40)37(47)44(36(31)46)42(9)35(45)30-21-17-16-18-22-30/h16-18,21-23,28-29H,10-15,19-20,25-26H2,1-9H3/b31-23-. The molecule has 260 valence electrons. The zero-order valence-electron chi connectivity index (χ0n) is 30.6. The smallest absolute Gasteiger partial charge is 0.290 e. The summed E-state index contributed by atoms with van der Waals surface area (Å²) in [6.45, 7) is 18.8. The molecule has 3 amide bonds. The van der Waals surface area contributed by atoms with Gasteiger partial charge in [0.25, 0.3) is 17.7 Å². The molecule has 2 aromatic rings. The molecular formula is C39H55N5O3S. The number of hydrogen-bond donors (Lipinski definition) is 0. The normalized spacial score (nSPS) is 15.9. The van der Waals surface area contributed by atoms with Crippen molar-refractivity contribution in [3.63, 3.8) is 0 Å². The topological polar surface area (TPSA) is 97.6 Å². The van der Waals surface area contributed by atoms with Crippen LogP contribution in [0.3, 0.4) is 0 Å². The number of amides is 3. The van der Waals surface area contributed by atoms with Crippen LogP contribution in [0.1, 0.15) is 128 Å². The summed E-state index contributed by atoms with van der Waals surface area (Å²) in [4.78, 5) is 49.5. The maximum absolute atomic E-state index is 14.1. The van der Waals surface area contributed by atoms with Crippen LogP contribution in [0.2, 0.25) is 0 Å². The number of carbonyl (C=O) groups is 3. The van der Waals surface area contributed by atoms with Crippen molar-refractivity contribution in [2.75, 3.05) is 25.0 Å². The Labute approximate surface area is 292 Å².